The van der Waals surface area contributed by atoms with Crippen molar-refractivity contribution in [1.29, 1.82) is 0 Å². The predicted molar refractivity (Wildman–Crippen MR) is 73.4 cm³/mol. The molecule has 0 spiro atoms. The van der Waals surface area contributed by atoms with Crippen LogP contribution in [0.15, 0.2) is 12.1 Å². The highest BCUT2D eigenvalue weighted by atomic mass is 16.5. The van der Waals surface area contributed by atoms with E-state index in [0.29, 0.717) is 6.61 Å². The van der Waals surface area contributed by atoms with Crippen LogP contribution in [0.4, 0.5) is 0 Å². The second-order valence-corrected chi connectivity index (χ2v) is 5.27. The van der Waals surface area contributed by atoms with Crippen LogP contribution in [0.2, 0.25) is 0 Å². The lowest BCUT2D eigenvalue weighted by Crippen LogP contribution is -2.45. The van der Waals surface area contributed by atoms with Gasteiger partial charge < -0.3 is 14.8 Å². The predicted octanol–water partition coefficient (Wildman–Crippen LogP) is 2.37. The van der Waals surface area contributed by atoms with E-state index in [-0.39, 0.29) is 12.2 Å². The van der Waals surface area contributed by atoms with E-state index in [9.17, 15) is 0 Å². The summed E-state index contributed by atoms with van der Waals surface area (Å²) >= 11 is 0. The average molecular weight is 249 g/mol. The summed E-state index contributed by atoms with van der Waals surface area (Å²) in [5.74, 6) is 1.00. The minimum absolute atomic E-state index is 0.147. The highest BCUT2D eigenvalue weighted by molar-refractivity contribution is 5.42. The van der Waals surface area contributed by atoms with Crippen LogP contribution >= 0.6 is 0 Å². The number of morpholine rings is 1. The molecule has 1 heterocycles. The van der Waals surface area contributed by atoms with Gasteiger partial charge in [0.25, 0.3) is 0 Å². The monoisotopic (exact) mass is 249 g/mol. The smallest absolute Gasteiger partial charge is 0.125 e. The van der Waals surface area contributed by atoms with Crippen molar-refractivity contribution in [2.75, 3.05) is 19.7 Å². The van der Waals surface area contributed by atoms with Crippen LogP contribution in [-0.2, 0) is 4.74 Å². The topological polar surface area (TPSA) is 30.5 Å². The molecule has 1 saturated heterocycles. The van der Waals surface area contributed by atoms with Crippen LogP contribution in [-0.4, -0.2) is 31.9 Å². The van der Waals surface area contributed by atoms with Gasteiger partial charge in [-0.3, -0.25) is 0 Å². The molecule has 0 aromatic heterocycles. The van der Waals surface area contributed by atoms with E-state index in [2.05, 4.69) is 45.1 Å². The summed E-state index contributed by atoms with van der Waals surface area (Å²) < 4.78 is 11.8. The highest BCUT2D eigenvalue weighted by Crippen LogP contribution is 2.24. The molecular weight excluding hydrogens is 226 g/mol. The molecule has 18 heavy (non-hydrogen) atoms. The molecule has 3 heteroatoms. The number of nitrogens with one attached hydrogen (secondary N) is 1. The number of hydrogen-bond acceptors (Lipinski definition) is 3. The number of rotatable bonds is 3. The molecule has 2 atom stereocenters. The van der Waals surface area contributed by atoms with E-state index < -0.39 is 0 Å². The third-order valence-electron chi connectivity index (χ3n) is 3.25. The molecule has 3 nitrogen and oxygen atoms in total. The largest absolute Gasteiger partial charge is 0.490 e. The Labute approximate surface area is 109 Å². The maximum absolute atomic E-state index is 5.95. The Morgan fingerprint density at radius 3 is 2.50 bits per heavy atom. The fraction of sp³-hybridized carbons (Fsp3) is 0.600. The summed E-state index contributed by atoms with van der Waals surface area (Å²) in [5, 5.41) is 3.35. The zero-order valence-corrected chi connectivity index (χ0v) is 11.7. The molecule has 1 aliphatic heterocycles. The summed E-state index contributed by atoms with van der Waals surface area (Å²) in [6.07, 6.45) is 0.418. The summed E-state index contributed by atoms with van der Waals surface area (Å²) in [6.45, 7) is 10.8. The standard InChI is InChI=1S/C15H23NO2/c1-10-5-11(2)15(12(3)6-10)17-9-14-8-16-7-13(4)18-14/h5-6,13-14,16H,7-9H2,1-4H3. The first-order valence-electron chi connectivity index (χ1n) is 6.63. The van der Waals surface area contributed by atoms with Gasteiger partial charge in [-0.1, -0.05) is 17.7 Å². The first-order valence-corrected chi connectivity index (χ1v) is 6.63. The molecular formula is C15H23NO2. The lowest BCUT2D eigenvalue weighted by molar-refractivity contribution is -0.0472. The number of benzene rings is 1. The van der Waals surface area contributed by atoms with E-state index in [1.54, 1.807) is 0 Å². The Hall–Kier alpha value is -1.06. The lowest BCUT2D eigenvalue weighted by atomic mass is 10.1. The minimum Gasteiger partial charge on any atom is -0.490 e. The van der Waals surface area contributed by atoms with Crippen LogP contribution in [0.25, 0.3) is 0 Å². The van der Waals surface area contributed by atoms with Gasteiger partial charge in [0.15, 0.2) is 0 Å². The van der Waals surface area contributed by atoms with Gasteiger partial charge in [-0.25, -0.2) is 0 Å². The Morgan fingerprint density at radius 1 is 1.22 bits per heavy atom. The van der Waals surface area contributed by atoms with Crippen molar-refractivity contribution in [2.24, 2.45) is 0 Å². The minimum atomic E-state index is 0.147. The van der Waals surface area contributed by atoms with Gasteiger partial charge in [0.05, 0.1) is 6.10 Å². The fourth-order valence-corrected chi connectivity index (χ4v) is 2.54. The molecule has 2 unspecified atom stereocenters. The van der Waals surface area contributed by atoms with Crippen LogP contribution in [0.3, 0.4) is 0 Å². The molecule has 100 valence electrons. The van der Waals surface area contributed by atoms with Crippen molar-refractivity contribution in [3.63, 3.8) is 0 Å². The number of hydrogen-bond donors (Lipinski definition) is 1. The second kappa shape index (κ2) is 5.72. The number of ether oxygens (including phenoxy) is 2. The molecule has 0 aliphatic carbocycles. The summed E-state index contributed by atoms with van der Waals surface area (Å²) in [7, 11) is 0. The van der Waals surface area contributed by atoms with Gasteiger partial charge in [0.1, 0.15) is 18.5 Å². The third-order valence-corrected chi connectivity index (χ3v) is 3.25. The van der Waals surface area contributed by atoms with Crippen molar-refractivity contribution in [2.45, 2.75) is 39.9 Å². The van der Waals surface area contributed by atoms with Gasteiger partial charge in [-0.15, -0.1) is 0 Å². The fourth-order valence-electron chi connectivity index (χ4n) is 2.54. The van der Waals surface area contributed by atoms with E-state index in [4.69, 9.17) is 9.47 Å². The Kier molecular flexibility index (Phi) is 4.25. The van der Waals surface area contributed by atoms with E-state index in [1.807, 2.05) is 0 Å². The lowest BCUT2D eigenvalue weighted by Gasteiger charge is -2.29. The maximum atomic E-state index is 5.95. The second-order valence-electron chi connectivity index (χ2n) is 5.27. The molecule has 1 fully saturated rings. The molecule has 1 aromatic carbocycles. The molecule has 0 bridgehead atoms. The average Bonchev–Trinajstić information content (AvgIpc) is 2.27. The SMILES string of the molecule is Cc1cc(C)c(OCC2CNCC(C)O2)c(C)c1. The molecule has 2 rings (SSSR count). The quantitative estimate of drug-likeness (QED) is 0.892. The van der Waals surface area contributed by atoms with E-state index in [0.717, 1.165) is 18.8 Å². The van der Waals surface area contributed by atoms with Crippen molar-refractivity contribution < 1.29 is 9.47 Å². The Balaban J connectivity index is 1.97. The van der Waals surface area contributed by atoms with Gasteiger partial charge >= 0.3 is 0 Å². The van der Waals surface area contributed by atoms with Crippen LogP contribution in [0.5, 0.6) is 5.75 Å². The normalized spacial score (nSPS) is 24.0. The molecule has 1 aliphatic rings. The zero-order valence-electron chi connectivity index (χ0n) is 11.7. The van der Waals surface area contributed by atoms with Gasteiger partial charge in [0, 0.05) is 13.1 Å². The molecule has 0 amide bonds. The molecule has 0 saturated carbocycles. The number of aryl methyl sites for hydroxylation is 3. The van der Waals surface area contributed by atoms with Crippen LogP contribution in [0.1, 0.15) is 23.6 Å². The maximum Gasteiger partial charge on any atom is 0.125 e. The summed E-state index contributed by atoms with van der Waals surface area (Å²) in [5.41, 5.74) is 3.68. The van der Waals surface area contributed by atoms with Gasteiger partial charge in [0.2, 0.25) is 0 Å². The van der Waals surface area contributed by atoms with E-state index >= 15 is 0 Å². The van der Waals surface area contributed by atoms with Crippen molar-refractivity contribution >= 4 is 0 Å². The third kappa shape index (κ3) is 3.24. The Bertz CT molecular complexity index is 394. The highest BCUT2D eigenvalue weighted by Gasteiger charge is 2.19. The van der Waals surface area contributed by atoms with Crippen LogP contribution < -0.4 is 10.1 Å². The van der Waals surface area contributed by atoms with Gasteiger partial charge in [-0.2, -0.15) is 0 Å². The van der Waals surface area contributed by atoms with Crippen LogP contribution in [0, 0.1) is 20.8 Å². The Morgan fingerprint density at radius 2 is 1.89 bits per heavy atom. The van der Waals surface area contributed by atoms with E-state index in [1.165, 1.54) is 16.7 Å². The summed E-state index contributed by atoms with van der Waals surface area (Å²) in [4.78, 5) is 0. The van der Waals surface area contributed by atoms with Crippen molar-refractivity contribution in [3.05, 3.63) is 28.8 Å². The first-order chi connectivity index (χ1) is 8.56. The molecule has 1 N–H and O–H groups in total. The van der Waals surface area contributed by atoms with Gasteiger partial charge in [-0.05, 0) is 38.8 Å². The van der Waals surface area contributed by atoms with Crippen molar-refractivity contribution in [3.8, 4) is 5.75 Å². The molecule has 1 aromatic rings. The van der Waals surface area contributed by atoms with Crippen molar-refractivity contribution in [1.82, 2.24) is 5.32 Å². The zero-order chi connectivity index (χ0) is 13.1. The first kappa shape index (κ1) is 13.4. The molecule has 0 radical (unpaired) electrons. The summed E-state index contributed by atoms with van der Waals surface area (Å²) in [6, 6.07) is 4.32.